The van der Waals surface area contributed by atoms with Crippen LogP contribution in [-0.4, -0.2) is 76.7 Å². The molecule has 1 aliphatic rings. The molecule has 0 aliphatic carbocycles. The smallest absolute Gasteiger partial charge is 0.407 e. The fraction of sp³-hybridized carbons (Fsp3) is 0.364. The van der Waals surface area contributed by atoms with Gasteiger partial charge in [0.05, 0.1) is 13.7 Å². The quantitative estimate of drug-likeness (QED) is 0.723. The van der Waals surface area contributed by atoms with Crippen LogP contribution in [-0.2, 0) is 17.9 Å². The monoisotopic (exact) mass is 413 g/mol. The molecule has 1 fully saturated rings. The third kappa shape index (κ3) is 5.87. The number of aromatic hydroxyl groups is 1. The highest BCUT2D eigenvalue weighted by atomic mass is 16.5. The Balaban J connectivity index is 1.68. The molecular weight excluding hydrogens is 386 g/mol. The van der Waals surface area contributed by atoms with Gasteiger partial charge in [-0.05, 0) is 35.4 Å². The van der Waals surface area contributed by atoms with Gasteiger partial charge in [-0.1, -0.05) is 24.3 Å². The number of benzene rings is 2. The number of amides is 2. The molecule has 1 aliphatic heterocycles. The van der Waals surface area contributed by atoms with E-state index in [1.54, 1.807) is 36.3 Å². The van der Waals surface area contributed by atoms with E-state index in [0.29, 0.717) is 39.3 Å². The van der Waals surface area contributed by atoms with Gasteiger partial charge in [0.1, 0.15) is 11.5 Å². The number of ether oxygens (including phenoxy) is 1. The van der Waals surface area contributed by atoms with Crippen molar-refractivity contribution < 1.29 is 24.5 Å². The Labute approximate surface area is 175 Å². The normalized spacial score (nSPS) is 14.4. The van der Waals surface area contributed by atoms with E-state index in [0.717, 1.165) is 16.9 Å². The molecule has 0 atom stereocenters. The van der Waals surface area contributed by atoms with Gasteiger partial charge in [-0.2, -0.15) is 0 Å². The van der Waals surface area contributed by atoms with Gasteiger partial charge in [-0.15, -0.1) is 0 Å². The van der Waals surface area contributed by atoms with Gasteiger partial charge in [0.25, 0.3) is 0 Å². The molecular formula is C22H27N3O5. The molecule has 160 valence electrons. The Morgan fingerprint density at radius 3 is 1.97 bits per heavy atom. The van der Waals surface area contributed by atoms with Crippen LogP contribution in [0.5, 0.6) is 11.5 Å². The molecule has 30 heavy (non-hydrogen) atoms. The lowest BCUT2D eigenvalue weighted by atomic mass is 10.1. The number of hydrogen-bond donors (Lipinski definition) is 2. The van der Waals surface area contributed by atoms with Crippen LogP contribution < -0.4 is 4.74 Å². The van der Waals surface area contributed by atoms with Crippen molar-refractivity contribution >= 4 is 12.0 Å². The second-order valence-corrected chi connectivity index (χ2v) is 7.31. The Morgan fingerprint density at radius 1 is 0.933 bits per heavy atom. The molecule has 0 bridgehead atoms. The Bertz CT molecular complexity index is 846. The van der Waals surface area contributed by atoms with E-state index in [1.807, 2.05) is 29.2 Å². The van der Waals surface area contributed by atoms with E-state index < -0.39 is 6.09 Å². The van der Waals surface area contributed by atoms with Crippen LogP contribution in [0.3, 0.4) is 0 Å². The second kappa shape index (κ2) is 9.98. The summed E-state index contributed by atoms with van der Waals surface area (Å²) < 4.78 is 5.20. The van der Waals surface area contributed by atoms with Gasteiger partial charge >= 0.3 is 6.09 Å². The van der Waals surface area contributed by atoms with Crippen LogP contribution >= 0.6 is 0 Å². The molecule has 2 amide bonds. The van der Waals surface area contributed by atoms with Crippen molar-refractivity contribution in [2.24, 2.45) is 0 Å². The van der Waals surface area contributed by atoms with Gasteiger partial charge in [-0.25, -0.2) is 4.79 Å². The molecule has 1 heterocycles. The minimum Gasteiger partial charge on any atom is -0.508 e. The SMILES string of the molecule is COc1ccc(CN(Cc2ccc(O)cc2)C(=O)CN2CCN(C(=O)O)CC2)cc1. The lowest BCUT2D eigenvalue weighted by molar-refractivity contribution is -0.134. The van der Waals surface area contributed by atoms with E-state index in [4.69, 9.17) is 9.84 Å². The first kappa shape index (κ1) is 21.4. The molecule has 0 spiro atoms. The first-order valence-corrected chi connectivity index (χ1v) is 9.83. The number of nitrogens with zero attached hydrogens (tertiary/aromatic N) is 3. The maximum atomic E-state index is 13.1. The van der Waals surface area contributed by atoms with Crippen molar-refractivity contribution in [1.29, 1.82) is 0 Å². The summed E-state index contributed by atoms with van der Waals surface area (Å²) in [5, 5.41) is 18.6. The maximum Gasteiger partial charge on any atom is 0.407 e. The molecule has 8 heteroatoms. The summed E-state index contributed by atoms with van der Waals surface area (Å²) in [5.41, 5.74) is 1.91. The predicted molar refractivity (Wildman–Crippen MR) is 111 cm³/mol. The van der Waals surface area contributed by atoms with Crippen molar-refractivity contribution in [3.63, 3.8) is 0 Å². The topological polar surface area (TPSA) is 93.6 Å². The van der Waals surface area contributed by atoms with Crippen LogP contribution in [0.1, 0.15) is 11.1 Å². The zero-order chi connectivity index (χ0) is 21.5. The average Bonchev–Trinajstić information content (AvgIpc) is 2.75. The summed E-state index contributed by atoms with van der Waals surface area (Å²) in [4.78, 5) is 29.3. The molecule has 0 saturated carbocycles. The lowest BCUT2D eigenvalue weighted by Gasteiger charge is -2.34. The fourth-order valence-corrected chi connectivity index (χ4v) is 3.39. The van der Waals surface area contributed by atoms with E-state index in [1.165, 1.54) is 4.90 Å². The van der Waals surface area contributed by atoms with Crippen molar-refractivity contribution in [1.82, 2.24) is 14.7 Å². The number of piperazine rings is 1. The van der Waals surface area contributed by atoms with Crippen molar-refractivity contribution in [3.05, 3.63) is 59.7 Å². The number of rotatable bonds is 7. The van der Waals surface area contributed by atoms with Crippen LogP contribution in [0.2, 0.25) is 0 Å². The van der Waals surface area contributed by atoms with Gasteiger partial charge in [0, 0.05) is 39.3 Å². The second-order valence-electron chi connectivity index (χ2n) is 7.31. The van der Waals surface area contributed by atoms with Crippen LogP contribution in [0.15, 0.2) is 48.5 Å². The van der Waals surface area contributed by atoms with E-state index in [2.05, 4.69) is 0 Å². The minimum absolute atomic E-state index is 0.0253. The van der Waals surface area contributed by atoms with Crippen molar-refractivity contribution in [2.45, 2.75) is 13.1 Å². The molecule has 1 saturated heterocycles. The third-order valence-corrected chi connectivity index (χ3v) is 5.20. The summed E-state index contributed by atoms with van der Waals surface area (Å²) in [5.74, 6) is 0.914. The number of carboxylic acid groups (broad SMARTS) is 1. The van der Waals surface area contributed by atoms with Crippen molar-refractivity contribution in [2.75, 3.05) is 39.8 Å². The average molecular weight is 413 g/mol. The fourth-order valence-electron chi connectivity index (χ4n) is 3.39. The summed E-state index contributed by atoms with van der Waals surface area (Å²) in [6, 6.07) is 14.4. The summed E-state index contributed by atoms with van der Waals surface area (Å²) in [7, 11) is 1.61. The number of methoxy groups -OCH3 is 1. The first-order chi connectivity index (χ1) is 14.4. The highest BCUT2D eigenvalue weighted by molar-refractivity contribution is 5.78. The van der Waals surface area contributed by atoms with Crippen molar-refractivity contribution in [3.8, 4) is 11.5 Å². The minimum atomic E-state index is -0.922. The lowest BCUT2D eigenvalue weighted by Crippen LogP contribution is -2.51. The largest absolute Gasteiger partial charge is 0.508 e. The number of hydrogen-bond acceptors (Lipinski definition) is 5. The van der Waals surface area contributed by atoms with Crippen LogP contribution in [0.25, 0.3) is 0 Å². The molecule has 0 unspecified atom stereocenters. The number of carbonyl (C=O) groups is 2. The summed E-state index contributed by atoms with van der Waals surface area (Å²) in [6.45, 7) is 2.97. The third-order valence-electron chi connectivity index (χ3n) is 5.20. The zero-order valence-corrected chi connectivity index (χ0v) is 17.0. The standard InChI is InChI=1S/C22H27N3O5/c1-30-20-8-4-18(5-9-20)15-25(14-17-2-6-19(26)7-3-17)21(27)16-23-10-12-24(13-11-23)22(28)29/h2-9,26H,10-16H2,1H3,(H,28,29). The van der Waals surface area contributed by atoms with Gasteiger partial charge in [-0.3, -0.25) is 9.69 Å². The number of phenols is 1. The highest BCUT2D eigenvalue weighted by Gasteiger charge is 2.24. The molecule has 0 aromatic heterocycles. The van der Waals surface area contributed by atoms with E-state index >= 15 is 0 Å². The highest BCUT2D eigenvalue weighted by Crippen LogP contribution is 2.17. The van der Waals surface area contributed by atoms with Gasteiger partial charge in [0.2, 0.25) is 5.91 Å². The Hall–Kier alpha value is -3.26. The number of phenolic OH excluding ortho intramolecular Hbond substituents is 1. The molecule has 3 rings (SSSR count). The molecule has 2 N–H and O–H groups in total. The van der Waals surface area contributed by atoms with Crippen LogP contribution in [0.4, 0.5) is 4.79 Å². The molecule has 8 nitrogen and oxygen atoms in total. The maximum absolute atomic E-state index is 13.1. The van der Waals surface area contributed by atoms with E-state index in [9.17, 15) is 14.7 Å². The predicted octanol–water partition coefficient (Wildman–Crippen LogP) is 2.23. The first-order valence-electron chi connectivity index (χ1n) is 9.83. The summed E-state index contributed by atoms with van der Waals surface area (Å²) >= 11 is 0. The zero-order valence-electron chi connectivity index (χ0n) is 17.0. The molecule has 2 aromatic rings. The van der Waals surface area contributed by atoms with Crippen LogP contribution in [0, 0.1) is 0 Å². The van der Waals surface area contributed by atoms with Gasteiger partial charge < -0.3 is 24.7 Å². The summed E-state index contributed by atoms with van der Waals surface area (Å²) in [6.07, 6.45) is -0.922. The van der Waals surface area contributed by atoms with Gasteiger partial charge in [0.15, 0.2) is 0 Å². The molecule has 2 aromatic carbocycles. The molecule has 0 radical (unpaired) electrons. The Morgan fingerprint density at radius 2 is 1.47 bits per heavy atom. The number of carbonyl (C=O) groups excluding carboxylic acids is 1. The van der Waals surface area contributed by atoms with E-state index in [-0.39, 0.29) is 18.2 Å². The Kier molecular flexibility index (Phi) is 7.13.